The molecule has 2 nitrogen and oxygen atoms in total. The summed E-state index contributed by atoms with van der Waals surface area (Å²) in [4.78, 5) is 4.33. The minimum absolute atomic E-state index is 0.279. The number of alkyl halides is 1. The first-order valence-electron chi connectivity index (χ1n) is 6.60. The van der Waals surface area contributed by atoms with E-state index in [0.29, 0.717) is 29.3 Å². The molecule has 108 valence electrons. The normalized spacial score (nSPS) is 11.2. The van der Waals surface area contributed by atoms with E-state index < -0.39 is 5.82 Å². The van der Waals surface area contributed by atoms with E-state index >= 15 is 0 Å². The second-order valence-corrected chi connectivity index (χ2v) is 5.22. The van der Waals surface area contributed by atoms with Crippen molar-refractivity contribution >= 4 is 22.6 Å². The maximum absolute atomic E-state index is 13.9. The van der Waals surface area contributed by atoms with Crippen LogP contribution in [0.5, 0.6) is 0 Å². The molecule has 1 heterocycles. The lowest BCUT2D eigenvalue weighted by Gasteiger charge is -2.12. The number of nitrogens with zero attached hydrogens (tertiary/aromatic N) is 2. The van der Waals surface area contributed by atoms with Gasteiger partial charge in [0.15, 0.2) is 5.82 Å². The highest BCUT2D eigenvalue weighted by molar-refractivity contribution is 6.17. The summed E-state index contributed by atoms with van der Waals surface area (Å²) < 4.78 is 29.3. The lowest BCUT2D eigenvalue weighted by Crippen LogP contribution is -2.04. The first-order chi connectivity index (χ1) is 10.1. The molecule has 0 bridgehead atoms. The van der Waals surface area contributed by atoms with Crippen molar-refractivity contribution in [2.24, 2.45) is 0 Å². The molecule has 0 fully saturated rings. The van der Waals surface area contributed by atoms with Crippen LogP contribution < -0.4 is 0 Å². The highest BCUT2D eigenvalue weighted by Crippen LogP contribution is 2.26. The summed E-state index contributed by atoms with van der Waals surface area (Å²) in [7, 11) is 0. The van der Waals surface area contributed by atoms with E-state index in [4.69, 9.17) is 11.6 Å². The zero-order valence-corrected chi connectivity index (χ0v) is 12.2. The van der Waals surface area contributed by atoms with Gasteiger partial charge in [-0.3, -0.25) is 4.57 Å². The molecular formula is C16H13ClF2N2. The van der Waals surface area contributed by atoms with Gasteiger partial charge >= 0.3 is 0 Å². The van der Waals surface area contributed by atoms with E-state index in [1.165, 1.54) is 18.2 Å². The highest BCUT2D eigenvalue weighted by Gasteiger charge is 2.16. The van der Waals surface area contributed by atoms with E-state index in [2.05, 4.69) is 4.98 Å². The summed E-state index contributed by atoms with van der Waals surface area (Å²) in [6.07, 6.45) is 0.478. The van der Waals surface area contributed by atoms with Crippen LogP contribution in [0.1, 0.15) is 11.4 Å². The summed E-state index contributed by atoms with van der Waals surface area (Å²) in [6.45, 7) is 1.88. The molecule has 3 aromatic rings. The van der Waals surface area contributed by atoms with Crippen LogP contribution in [0.25, 0.3) is 16.7 Å². The van der Waals surface area contributed by atoms with Crippen molar-refractivity contribution in [2.75, 3.05) is 5.88 Å². The van der Waals surface area contributed by atoms with Crippen LogP contribution in [0.15, 0.2) is 36.4 Å². The first-order valence-corrected chi connectivity index (χ1v) is 7.13. The monoisotopic (exact) mass is 306 g/mol. The third kappa shape index (κ3) is 2.40. The Balaban J connectivity index is 2.36. The molecule has 0 radical (unpaired) electrons. The van der Waals surface area contributed by atoms with Gasteiger partial charge in [-0.25, -0.2) is 13.8 Å². The molecule has 3 rings (SSSR count). The Morgan fingerprint density at radius 1 is 1.19 bits per heavy atom. The number of aromatic nitrogens is 2. The molecule has 0 aliphatic rings. The molecule has 21 heavy (non-hydrogen) atoms. The fraction of sp³-hybridized carbons (Fsp3) is 0.188. The fourth-order valence-corrected chi connectivity index (χ4v) is 2.63. The van der Waals surface area contributed by atoms with Gasteiger partial charge in [0, 0.05) is 12.3 Å². The summed E-state index contributed by atoms with van der Waals surface area (Å²) >= 11 is 5.81. The molecule has 0 spiro atoms. The van der Waals surface area contributed by atoms with Gasteiger partial charge in [0.2, 0.25) is 0 Å². The fourth-order valence-electron chi connectivity index (χ4n) is 2.46. The van der Waals surface area contributed by atoms with Gasteiger partial charge in [-0.2, -0.15) is 0 Å². The minimum atomic E-state index is -0.392. The van der Waals surface area contributed by atoms with Crippen LogP contribution in [-0.2, 0) is 6.42 Å². The van der Waals surface area contributed by atoms with Gasteiger partial charge in [0.25, 0.3) is 0 Å². The number of fused-ring (bicyclic) bond motifs is 1. The van der Waals surface area contributed by atoms with Gasteiger partial charge in [0.1, 0.15) is 17.2 Å². The molecule has 0 saturated carbocycles. The second kappa shape index (κ2) is 5.45. The van der Waals surface area contributed by atoms with Crippen molar-refractivity contribution in [3.05, 3.63) is 59.4 Å². The number of aryl methyl sites for hydroxylation is 2. The predicted molar refractivity (Wildman–Crippen MR) is 80.1 cm³/mol. The molecule has 1 aromatic heterocycles. The number of benzene rings is 2. The number of hydrogen-bond donors (Lipinski definition) is 0. The summed E-state index contributed by atoms with van der Waals surface area (Å²) in [5, 5.41) is 0. The highest BCUT2D eigenvalue weighted by atomic mass is 35.5. The van der Waals surface area contributed by atoms with Gasteiger partial charge in [-0.05, 0) is 36.8 Å². The average Bonchev–Trinajstić information content (AvgIpc) is 2.82. The Morgan fingerprint density at radius 3 is 2.76 bits per heavy atom. The lowest BCUT2D eigenvalue weighted by atomic mass is 10.2. The van der Waals surface area contributed by atoms with Crippen LogP contribution in [0.2, 0.25) is 0 Å². The van der Waals surface area contributed by atoms with Crippen molar-refractivity contribution in [3.63, 3.8) is 0 Å². The molecule has 0 unspecified atom stereocenters. The molecule has 0 saturated heterocycles. The van der Waals surface area contributed by atoms with E-state index in [1.54, 1.807) is 22.8 Å². The van der Waals surface area contributed by atoms with Gasteiger partial charge in [-0.15, -0.1) is 11.6 Å². The molecule has 5 heteroatoms. The summed E-state index contributed by atoms with van der Waals surface area (Å²) in [6, 6.07) is 9.28. The standard InChI is InChI=1S/C16H13ClF2N2/c1-10-5-6-11(18)9-14(10)21-13-4-2-3-12(19)16(13)20-15(21)7-8-17/h2-6,9H,7-8H2,1H3. The maximum Gasteiger partial charge on any atom is 0.151 e. The Hall–Kier alpha value is -1.94. The summed E-state index contributed by atoms with van der Waals surface area (Å²) in [5.74, 6) is 0.250. The topological polar surface area (TPSA) is 17.8 Å². The average molecular weight is 307 g/mol. The number of para-hydroxylation sites is 1. The Morgan fingerprint density at radius 2 is 2.00 bits per heavy atom. The van der Waals surface area contributed by atoms with E-state index in [-0.39, 0.29) is 11.3 Å². The van der Waals surface area contributed by atoms with Crippen molar-refractivity contribution in [1.29, 1.82) is 0 Å². The third-order valence-corrected chi connectivity index (χ3v) is 3.62. The molecular weight excluding hydrogens is 294 g/mol. The van der Waals surface area contributed by atoms with Crippen LogP contribution in [0.4, 0.5) is 8.78 Å². The Kier molecular flexibility index (Phi) is 3.64. The van der Waals surface area contributed by atoms with Gasteiger partial charge in [-0.1, -0.05) is 12.1 Å². The van der Waals surface area contributed by atoms with Crippen molar-refractivity contribution in [1.82, 2.24) is 9.55 Å². The predicted octanol–water partition coefficient (Wildman–Crippen LogP) is 4.39. The third-order valence-electron chi connectivity index (χ3n) is 3.44. The molecule has 0 amide bonds. The Bertz CT molecular complexity index is 811. The number of rotatable bonds is 3. The molecule has 0 N–H and O–H groups in total. The van der Waals surface area contributed by atoms with Crippen molar-refractivity contribution in [3.8, 4) is 5.69 Å². The minimum Gasteiger partial charge on any atom is -0.296 e. The van der Waals surface area contributed by atoms with E-state index in [0.717, 1.165) is 5.56 Å². The number of hydrogen-bond acceptors (Lipinski definition) is 1. The maximum atomic E-state index is 13.9. The molecule has 0 aliphatic heterocycles. The largest absolute Gasteiger partial charge is 0.296 e. The molecule has 0 atom stereocenters. The zero-order chi connectivity index (χ0) is 15.0. The quantitative estimate of drug-likeness (QED) is 0.656. The lowest BCUT2D eigenvalue weighted by molar-refractivity contribution is 0.626. The van der Waals surface area contributed by atoms with Crippen molar-refractivity contribution < 1.29 is 8.78 Å². The van der Waals surface area contributed by atoms with Crippen LogP contribution >= 0.6 is 11.6 Å². The first kappa shape index (κ1) is 14.0. The SMILES string of the molecule is Cc1ccc(F)cc1-n1c(CCCl)nc2c(F)cccc21. The molecule has 2 aromatic carbocycles. The van der Waals surface area contributed by atoms with E-state index in [9.17, 15) is 8.78 Å². The number of halogens is 3. The second-order valence-electron chi connectivity index (χ2n) is 4.84. The number of imidazole rings is 1. The van der Waals surface area contributed by atoms with Gasteiger partial charge < -0.3 is 0 Å². The van der Waals surface area contributed by atoms with Gasteiger partial charge in [0.05, 0.1) is 11.2 Å². The van der Waals surface area contributed by atoms with Crippen LogP contribution in [-0.4, -0.2) is 15.4 Å². The zero-order valence-electron chi connectivity index (χ0n) is 11.4. The Labute approximate surface area is 126 Å². The van der Waals surface area contributed by atoms with E-state index in [1.807, 2.05) is 6.92 Å². The summed E-state index contributed by atoms with van der Waals surface area (Å²) in [5.41, 5.74) is 2.43. The van der Waals surface area contributed by atoms with Crippen molar-refractivity contribution in [2.45, 2.75) is 13.3 Å². The smallest absolute Gasteiger partial charge is 0.151 e. The molecule has 0 aliphatic carbocycles. The van der Waals surface area contributed by atoms with Crippen LogP contribution in [0, 0.1) is 18.6 Å². The van der Waals surface area contributed by atoms with Crippen LogP contribution in [0.3, 0.4) is 0 Å².